The first-order chi connectivity index (χ1) is 10.2. The lowest BCUT2D eigenvalue weighted by Gasteiger charge is -2.11. The molecule has 4 heteroatoms. The van der Waals surface area contributed by atoms with Crippen LogP contribution in [0.2, 0.25) is 0 Å². The van der Waals surface area contributed by atoms with Gasteiger partial charge in [-0.05, 0) is 43.5 Å². The summed E-state index contributed by atoms with van der Waals surface area (Å²) in [4.78, 5) is 12.0. The van der Waals surface area contributed by atoms with Gasteiger partial charge in [0.25, 0.3) is 0 Å². The normalized spacial score (nSPS) is 17.1. The minimum Gasteiger partial charge on any atom is -0.395 e. The van der Waals surface area contributed by atoms with Crippen LogP contribution in [0.25, 0.3) is 0 Å². The summed E-state index contributed by atoms with van der Waals surface area (Å²) in [5, 5.41) is 11.6. The average Bonchev–Trinajstić information content (AvgIpc) is 2.95. The number of nitrogens with one attached hydrogen (secondary N) is 1. The largest absolute Gasteiger partial charge is 0.395 e. The number of aliphatic hydroxyl groups excluding tert-OH is 1. The van der Waals surface area contributed by atoms with E-state index in [-0.39, 0.29) is 18.6 Å². The molecule has 1 fully saturated rings. The van der Waals surface area contributed by atoms with E-state index in [1.54, 1.807) is 0 Å². The van der Waals surface area contributed by atoms with Gasteiger partial charge >= 0.3 is 0 Å². The van der Waals surface area contributed by atoms with Crippen LogP contribution >= 0.6 is 0 Å². The summed E-state index contributed by atoms with van der Waals surface area (Å²) in [6.45, 7) is 2.78. The molecule has 0 bridgehead atoms. The van der Waals surface area contributed by atoms with Gasteiger partial charge in [-0.2, -0.15) is 0 Å². The third-order valence-electron chi connectivity index (χ3n) is 3.41. The summed E-state index contributed by atoms with van der Waals surface area (Å²) in [5.74, 6) is 5.86. The van der Waals surface area contributed by atoms with Crippen molar-refractivity contribution in [1.82, 2.24) is 0 Å². The number of aliphatic hydroxyl groups is 1. The maximum Gasteiger partial charge on any atom is 0.226 e. The Morgan fingerprint density at radius 2 is 2.38 bits per heavy atom. The van der Waals surface area contributed by atoms with E-state index in [9.17, 15) is 4.79 Å². The number of hydrogen-bond acceptors (Lipinski definition) is 3. The van der Waals surface area contributed by atoms with Crippen LogP contribution in [0.3, 0.4) is 0 Å². The van der Waals surface area contributed by atoms with E-state index in [2.05, 4.69) is 17.2 Å². The zero-order valence-corrected chi connectivity index (χ0v) is 12.3. The number of benzene rings is 1. The Bertz CT molecular complexity index is 551. The molecule has 0 spiro atoms. The van der Waals surface area contributed by atoms with Crippen molar-refractivity contribution in [2.75, 3.05) is 18.5 Å². The Kier molecular flexibility index (Phi) is 5.79. The van der Waals surface area contributed by atoms with Crippen molar-refractivity contribution in [1.29, 1.82) is 0 Å². The molecule has 1 aliphatic rings. The van der Waals surface area contributed by atoms with Crippen LogP contribution in [0.15, 0.2) is 18.2 Å². The first-order valence-electron chi connectivity index (χ1n) is 7.31. The van der Waals surface area contributed by atoms with E-state index < -0.39 is 0 Å². The molecule has 21 heavy (non-hydrogen) atoms. The smallest absolute Gasteiger partial charge is 0.226 e. The second-order valence-electron chi connectivity index (χ2n) is 5.19. The minimum absolute atomic E-state index is 0.0101. The maximum absolute atomic E-state index is 12.0. The predicted octanol–water partition coefficient (Wildman–Crippen LogP) is 2.24. The molecule has 0 aromatic heterocycles. The third kappa shape index (κ3) is 4.89. The van der Waals surface area contributed by atoms with Crippen molar-refractivity contribution in [3.63, 3.8) is 0 Å². The summed E-state index contributed by atoms with van der Waals surface area (Å²) in [6.07, 6.45) is 2.95. The van der Waals surface area contributed by atoms with Crippen LogP contribution in [0.5, 0.6) is 0 Å². The van der Waals surface area contributed by atoms with Crippen LogP contribution in [-0.2, 0) is 9.53 Å². The van der Waals surface area contributed by atoms with Gasteiger partial charge in [-0.1, -0.05) is 11.8 Å². The first kappa shape index (κ1) is 15.6. The minimum atomic E-state index is -0.0101. The van der Waals surface area contributed by atoms with Crippen molar-refractivity contribution in [2.45, 2.75) is 38.7 Å². The second kappa shape index (κ2) is 7.82. The molecular formula is C17H21NO3. The Hall–Kier alpha value is -1.83. The van der Waals surface area contributed by atoms with E-state index in [0.717, 1.165) is 36.3 Å². The number of amides is 1. The molecule has 1 aliphatic heterocycles. The Morgan fingerprint density at radius 1 is 1.52 bits per heavy atom. The lowest BCUT2D eigenvalue weighted by molar-refractivity contribution is -0.118. The highest BCUT2D eigenvalue weighted by Crippen LogP contribution is 2.19. The first-order valence-corrected chi connectivity index (χ1v) is 7.31. The molecule has 1 aromatic carbocycles. The molecule has 0 saturated carbocycles. The quantitative estimate of drug-likeness (QED) is 0.835. The predicted molar refractivity (Wildman–Crippen MR) is 82.0 cm³/mol. The van der Waals surface area contributed by atoms with Gasteiger partial charge in [-0.15, -0.1) is 0 Å². The Balaban J connectivity index is 1.94. The second-order valence-corrected chi connectivity index (χ2v) is 5.19. The lowest BCUT2D eigenvalue weighted by Crippen LogP contribution is -2.19. The number of aryl methyl sites for hydroxylation is 1. The molecule has 1 heterocycles. The third-order valence-corrected chi connectivity index (χ3v) is 3.41. The molecule has 1 unspecified atom stereocenters. The molecule has 1 saturated heterocycles. The van der Waals surface area contributed by atoms with Crippen LogP contribution in [0.1, 0.15) is 36.8 Å². The molecule has 1 atom stereocenters. The SMILES string of the molecule is Cc1cc(C#CCCO)ccc1NC(=O)CC1CCCO1. The fourth-order valence-corrected chi connectivity index (χ4v) is 2.32. The molecule has 2 N–H and O–H groups in total. The van der Waals surface area contributed by atoms with Crippen molar-refractivity contribution in [3.8, 4) is 11.8 Å². The van der Waals surface area contributed by atoms with Gasteiger partial charge in [0, 0.05) is 24.3 Å². The number of hydrogen-bond donors (Lipinski definition) is 2. The summed E-state index contributed by atoms with van der Waals surface area (Å²) in [7, 11) is 0. The molecule has 1 aromatic rings. The Morgan fingerprint density at radius 3 is 3.05 bits per heavy atom. The summed E-state index contributed by atoms with van der Waals surface area (Å²) in [6, 6.07) is 5.68. The van der Waals surface area contributed by atoms with E-state index in [0.29, 0.717) is 12.8 Å². The molecule has 1 amide bonds. The van der Waals surface area contributed by atoms with Gasteiger partial charge in [0.1, 0.15) is 0 Å². The van der Waals surface area contributed by atoms with Crippen LogP contribution in [0.4, 0.5) is 5.69 Å². The highest BCUT2D eigenvalue weighted by molar-refractivity contribution is 5.91. The molecule has 4 nitrogen and oxygen atoms in total. The van der Waals surface area contributed by atoms with Crippen molar-refractivity contribution < 1.29 is 14.6 Å². The van der Waals surface area contributed by atoms with Crippen molar-refractivity contribution in [2.24, 2.45) is 0 Å². The van der Waals surface area contributed by atoms with Gasteiger partial charge in [-0.25, -0.2) is 0 Å². The van der Waals surface area contributed by atoms with Gasteiger partial charge in [-0.3, -0.25) is 4.79 Å². The van der Waals surface area contributed by atoms with Gasteiger partial charge in [0.15, 0.2) is 0 Å². The van der Waals surface area contributed by atoms with E-state index in [1.807, 2.05) is 25.1 Å². The number of rotatable bonds is 4. The number of carbonyl (C=O) groups excluding carboxylic acids is 1. The molecule has 112 valence electrons. The van der Waals surface area contributed by atoms with Gasteiger partial charge in [0.2, 0.25) is 5.91 Å². The summed E-state index contributed by atoms with van der Waals surface area (Å²) >= 11 is 0. The number of carbonyl (C=O) groups is 1. The van der Waals surface area contributed by atoms with Gasteiger partial charge < -0.3 is 15.2 Å². The zero-order chi connectivity index (χ0) is 15.1. The lowest BCUT2D eigenvalue weighted by atomic mass is 10.1. The van der Waals surface area contributed by atoms with E-state index in [1.165, 1.54) is 0 Å². The maximum atomic E-state index is 12.0. The standard InChI is InChI=1S/C17H21NO3/c1-13-11-14(5-2-3-9-19)7-8-16(13)18-17(20)12-15-6-4-10-21-15/h7-8,11,15,19H,3-4,6,9-10,12H2,1H3,(H,18,20). The fraction of sp³-hybridized carbons (Fsp3) is 0.471. The average molecular weight is 287 g/mol. The molecule has 0 radical (unpaired) electrons. The Labute approximate surface area is 125 Å². The van der Waals surface area contributed by atoms with E-state index in [4.69, 9.17) is 9.84 Å². The molecule has 0 aliphatic carbocycles. The molecule has 2 rings (SSSR count). The van der Waals surface area contributed by atoms with Crippen molar-refractivity contribution >= 4 is 11.6 Å². The molecular weight excluding hydrogens is 266 g/mol. The van der Waals surface area contributed by atoms with Crippen molar-refractivity contribution in [3.05, 3.63) is 29.3 Å². The summed E-state index contributed by atoms with van der Waals surface area (Å²) < 4.78 is 5.47. The highest BCUT2D eigenvalue weighted by Gasteiger charge is 2.19. The highest BCUT2D eigenvalue weighted by atomic mass is 16.5. The monoisotopic (exact) mass is 287 g/mol. The number of anilines is 1. The van der Waals surface area contributed by atoms with Crippen LogP contribution < -0.4 is 5.32 Å². The van der Waals surface area contributed by atoms with E-state index >= 15 is 0 Å². The van der Waals surface area contributed by atoms with Gasteiger partial charge in [0.05, 0.1) is 19.1 Å². The topological polar surface area (TPSA) is 58.6 Å². The zero-order valence-electron chi connectivity index (χ0n) is 12.3. The van der Waals surface area contributed by atoms with Crippen LogP contribution in [0, 0.1) is 18.8 Å². The fourth-order valence-electron chi connectivity index (χ4n) is 2.32. The van der Waals surface area contributed by atoms with Crippen LogP contribution in [-0.4, -0.2) is 30.3 Å². The number of ether oxygens (including phenoxy) is 1. The summed E-state index contributed by atoms with van der Waals surface area (Å²) in [5.41, 5.74) is 2.68.